The van der Waals surface area contributed by atoms with Gasteiger partial charge in [0.15, 0.2) is 17.3 Å². The number of benzene rings is 2. The summed E-state index contributed by atoms with van der Waals surface area (Å²) in [6, 6.07) is 16.2. The SMILES string of the molecule is CCOc1ccccc1OC1CCCN(c2cncc(Nc3cc(C(F)(F)F)cc(-c4cccc(CC(C)(C)C(=O)O)c4)n3)n2)C1. The number of ether oxygens (including phenoxy) is 2. The van der Waals surface area contributed by atoms with Crippen LogP contribution in [-0.4, -0.2) is 51.8 Å². The topological polar surface area (TPSA) is 110 Å². The second-order valence-electron chi connectivity index (χ2n) is 11.8. The predicted molar refractivity (Wildman–Crippen MR) is 169 cm³/mol. The first kappa shape index (κ1) is 32.5. The minimum atomic E-state index is -4.63. The molecular weight excluding hydrogens is 599 g/mol. The van der Waals surface area contributed by atoms with E-state index in [2.05, 4.69) is 20.3 Å². The third-order valence-electron chi connectivity index (χ3n) is 7.62. The minimum absolute atomic E-state index is 0.0556. The molecule has 5 rings (SSSR count). The van der Waals surface area contributed by atoms with Gasteiger partial charge in [-0.3, -0.25) is 9.78 Å². The highest BCUT2D eigenvalue weighted by Crippen LogP contribution is 2.35. The van der Waals surface area contributed by atoms with Gasteiger partial charge in [-0.05, 0) is 75.9 Å². The van der Waals surface area contributed by atoms with Crippen LogP contribution in [0.3, 0.4) is 0 Å². The lowest BCUT2D eigenvalue weighted by Crippen LogP contribution is -2.41. The van der Waals surface area contributed by atoms with E-state index in [-0.39, 0.29) is 29.9 Å². The third kappa shape index (κ3) is 8.04. The summed E-state index contributed by atoms with van der Waals surface area (Å²) in [6.45, 7) is 6.89. The Kier molecular flexibility index (Phi) is 9.64. The highest BCUT2D eigenvalue weighted by molar-refractivity contribution is 5.74. The Morgan fingerprint density at radius 2 is 1.80 bits per heavy atom. The Balaban J connectivity index is 1.37. The molecule has 1 unspecified atom stereocenters. The fourth-order valence-electron chi connectivity index (χ4n) is 5.28. The lowest BCUT2D eigenvalue weighted by Gasteiger charge is -2.33. The van der Waals surface area contributed by atoms with Gasteiger partial charge in [0.25, 0.3) is 0 Å². The number of carboxylic acid groups (broad SMARTS) is 1. The van der Waals surface area contributed by atoms with Crippen LogP contribution in [0.15, 0.2) is 73.1 Å². The van der Waals surface area contributed by atoms with Gasteiger partial charge in [0.05, 0.1) is 42.2 Å². The standard InChI is InChI=1S/C34H36F3N5O4/c1-4-45-27-12-5-6-13-28(27)46-25-11-8-14-42(21-25)31-20-38-19-30(41-31)40-29-17-24(34(35,36)37)16-26(39-29)23-10-7-9-22(15-23)18-33(2,3)32(43)44/h5-7,9-10,12-13,15-17,19-20,25H,4,8,11,14,18,21H2,1-3H3,(H,43,44)(H,39,40,41). The number of carbonyl (C=O) groups is 1. The van der Waals surface area contributed by atoms with Crippen LogP contribution >= 0.6 is 0 Å². The number of para-hydroxylation sites is 2. The third-order valence-corrected chi connectivity index (χ3v) is 7.62. The van der Waals surface area contributed by atoms with E-state index in [1.54, 1.807) is 44.3 Å². The number of aliphatic carboxylic acids is 1. The molecule has 0 bridgehead atoms. The van der Waals surface area contributed by atoms with Crippen LogP contribution in [0.4, 0.5) is 30.6 Å². The van der Waals surface area contributed by atoms with Gasteiger partial charge in [0.2, 0.25) is 0 Å². The molecule has 2 aromatic heterocycles. The van der Waals surface area contributed by atoms with E-state index in [0.29, 0.717) is 48.1 Å². The fraction of sp³-hybridized carbons (Fsp3) is 0.353. The molecule has 9 nitrogen and oxygen atoms in total. The lowest BCUT2D eigenvalue weighted by atomic mass is 9.85. The largest absolute Gasteiger partial charge is 0.490 e. The number of pyridine rings is 1. The van der Waals surface area contributed by atoms with Crippen LogP contribution in [0.2, 0.25) is 0 Å². The first-order valence-electron chi connectivity index (χ1n) is 15.1. The van der Waals surface area contributed by atoms with Crippen molar-refractivity contribution in [3.8, 4) is 22.8 Å². The van der Waals surface area contributed by atoms with Crippen molar-refractivity contribution < 1.29 is 32.5 Å². The Morgan fingerprint density at radius 3 is 2.54 bits per heavy atom. The van der Waals surface area contributed by atoms with E-state index in [9.17, 15) is 23.1 Å². The van der Waals surface area contributed by atoms with E-state index in [4.69, 9.17) is 9.47 Å². The van der Waals surface area contributed by atoms with E-state index in [0.717, 1.165) is 25.0 Å². The molecule has 0 amide bonds. The molecule has 1 fully saturated rings. The second kappa shape index (κ2) is 13.6. The smallest absolute Gasteiger partial charge is 0.416 e. The predicted octanol–water partition coefficient (Wildman–Crippen LogP) is 7.40. The summed E-state index contributed by atoms with van der Waals surface area (Å²) in [6.07, 6.45) is 0.166. The van der Waals surface area contributed by atoms with Crippen molar-refractivity contribution in [2.24, 2.45) is 5.41 Å². The molecule has 0 spiro atoms. The summed E-state index contributed by atoms with van der Waals surface area (Å²) < 4.78 is 53.9. The summed E-state index contributed by atoms with van der Waals surface area (Å²) in [5.74, 6) is 1.11. The van der Waals surface area contributed by atoms with E-state index in [1.165, 1.54) is 6.20 Å². The zero-order valence-corrected chi connectivity index (χ0v) is 25.8. The maximum absolute atomic E-state index is 14.0. The monoisotopic (exact) mass is 635 g/mol. The molecule has 12 heteroatoms. The number of nitrogens with zero attached hydrogens (tertiary/aromatic N) is 4. The number of halogens is 3. The molecule has 1 saturated heterocycles. The van der Waals surface area contributed by atoms with Crippen LogP contribution in [0.5, 0.6) is 11.5 Å². The van der Waals surface area contributed by atoms with E-state index < -0.39 is 23.1 Å². The summed E-state index contributed by atoms with van der Waals surface area (Å²) in [5.41, 5.74) is -0.756. The van der Waals surface area contributed by atoms with Gasteiger partial charge in [0.1, 0.15) is 17.7 Å². The number of nitrogens with one attached hydrogen (secondary N) is 1. The van der Waals surface area contributed by atoms with Gasteiger partial charge in [-0.1, -0.05) is 30.3 Å². The number of hydrogen-bond acceptors (Lipinski definition) is 8. The molecule has 2 aromatic carbocycles. The maximum atomic E-state index is 14.0. The van der Waals surface area contributed by atoms with Crippen molar-refractivity contribution in [1.29, 1.82) is 0 Å². The Labute approximate surface area is 265 Å². The second-order valence-corrected chi connectivity index (χ2v) is 11.8. The molecule has 3 heterocycles. The number of alkyl halides is 3. The summed E-state index contributed by atoms with van der Waals surface area (Å²) in [7, 11) is 0. The molecule has 1 aliphatic rings. The summed E-state index contributed by atoms with van der Waals surface area (Å²) in [5, 5.41) is 12.4. The lowest BCUT2D eigenvalue weighted by molar-refractivity contribution is -0.146. The first-order chi connectivity index (χ1) is 21.9. The molecule has 0 radical (unpaired) electrons. The number of aromatic nitrogens is 3. The van der Waals surface area contributed by atoms with Crippen molar-refractivity contribution in [3.05, 3.63) is 84.2 Å². The van der Waals surface area contributed by atoms with Crippen LogP contribution in [0, 0.1) is 5.41 Å². The first-order valence-corrected chi connectivity index (χ1v) is 15.1. The van der Waals surface area contributed by atoms with E-state index in [1.807, 2.05) is 36.1 Å². The Hall–Kier alpha value is -4.87. The molecule has 1 atom stereocenters. The summed E-state index contributed by atoms with van der Waals surface area (Å²) in [4.78, 5) is 27.1. The van der Waals surface area contributed by atoms with Crippen LogP contribution in [0.1, 0.15) is 44.7 Å². The Morgan fingerprint density at radius 1 is 1.02 bits per heavy atom. The Bertz CT molecular complexity index is 1680. The van der Waals surface area contributed by atoms with Crippen molar-refractivity contribution in [3.63, 3.8) is 0 Å². The molecule has 0 aliphatic carbocycles. The van der Waals surface area contributed by atoms with Crippen molar-refractivity contribution in [1.82, 2.24) is 15.0 Å². The number of rotatable bonds is 11. The number of anilines is 3. The normalized spacial score (nSPS) is 15.3. The number of hydrogen-bond donors (Lipinski definition) is 2. The van der Waals surface area contributed by atoms with Gasteiger partial charge in [0, 0.05) is 12.1 Å². The highest BCUT2D eigenvalue weighted by atomic mass is 19.4. The van der Waals surface area contributed by atoms with Crippen LogP contribution in [-0.2, 0) is 17.4 Å². The molecule has 2 N–H and O–H groups in total. The molecule has 0 saturated carbocycles. The zero-order chi connectivity index (χ0) is 32.9. The van der Waals surface area contributed by atoms with Crippen molar-refractivity contribution >= 4 is 23.4 Å². The minimum Gasteiger partial charge on any atom is -0.490 e. The van der Waals surface area contributed by atoms with Crippen molar-refractivity contribution in [2.45, 2.75) is 52.3 Å². The molecule has 4 aromatic rings. The maximum Gasteiger partial charge on any atom is 0.416 e. The fourth-order valence-corrected chi connectivity index (χ4v) is 5.28. The van der Waals surface area contributed by atoms with Crippen LogP contribution < -0.4 is 19.7 Å². The quantitative estimate of drug-likeness (QED) is 0.174. The van der Waals surface area contributed by atoms with Gasteiger partial charge in [-0.15, -0.1) is 0 Å². The summed E-state index contributed by atoms with van der Waals surface area (Å²) >= 11 is 0. The average Bonchev–Trinajstić information content (AvgIpc) is 3.02. The number of piperidine rings is 1. The molecular formula is C34H36F3N5O4. The average molecular weight is 636 g/mol. The zero-order valence-electron chi connectivity index (χ0n) is 25.8. The van der Waals surface area contributed by atoms with Crippen LogP contribution in [0.25, 0.3) is 11.3 Å². The highest BCUT2D eigenvalue weighted by Gasteiger charge is 2.32. The van der Waals surface area contributed by atoms with Crippen molar-refractivity contribution in [2.75, 3.05) is 29.9 Å². The van der Waals surface area contributed by atoms with Gasteiger partial charge < -0.3 is 24.8 Å². The molecule has 1 aliphatic heterocycles. The van der Waals surface area contributed by atoms with Gasteiger partial charge in [-0.25, -0.2) is 9.97 Å². The number of carboxylic acids is 1. The molecule has 242 valence electrons. The van der Waals surface area contributed by atoms with Gasteiger partial charge in [-0.2, -0.15) is 13.2 Å². The van der Waals surface area contributed by atoms with E-state index >= 15 is 0 Å². The van der Waals surface area contributed by atoms with Gasteiger partial charge >= 0.3 is 12.1 Å². The molecule has 46 heavy (non-hydrogen) atoms.